The van der Waals surface area contributed by atoms with Gasteiger partial charge >= 0.3 is 0 Å². The Morgan fingerprint density at radius 2 is 1.74 bits per heavy atom. The van der Waals surface area contributed by atoms with E-state index in [-0.39, 0.29) is 0 Å². The molecular weight excluding hydrogens is 358 g/mol. The van der Waals surface area contributed by atoms with Crippen molar-refractivity contribution < 1.29 is 0 Å². The van der Waals surface area contributed by atoms with Crippen LogP contribution in [0.15, 0.2) is 48.5 Å². The van der Waals surface area contributed by atoms with Gasteiger partial charge in [-0.25, -0.2) is 4.98 Å². The summed E-state index contributed by atoms with van der Waals surface area (Å²) in [5.41, 5.74) is 1.87. The summed E-state index contributed by atoms with van der Waals surface area (Å²) >= 11 is 5.99. The van der Waals surface area contributed by atoms with E-state index in [1.807, 2.05) is 48.5 Å². The van der Waals surface area contributed by atoms with E-state index in [0.717, 1.165) is 41.9 Å². The summed E-state index contributed by atoms with van der Waals surface area (Å²) in [7, 11) is 0. The van der Waals surface area contributed by atoms with Gasteiger partial charge < -0.3 is 15.5 Å². The average Bonchev–Trinajstić information content (AvgIpc) is 3.21. The first-order valence-corrected chi connectivity index (χ1v) is 9.91. The number of benzene rings is 2. The topological polar surface area (TPSA) is 53.1 Å². The number of rotatable bonds is 7. The number of nitrogens with zero attached hydrogens (tertiary/aromatic N) is 3. The Balaban J connectivity index is 1.48. The molecule has 1 fully saturated rings. The summed E-state index contributed by atoms with van der Waals surface area (Å²) in [5.74, 6) is 1.46. The van der Waals surface area contributed by atoms with Crippen LogP contribution in [0.25, 0.3) is 10.9 Å². The minimum atomic E-state index is 0.659. The Labute approximate surface area is 164 Å². The second-order valence-corrected chi connectivity index (χ2v) is 7.31. The zero-order chi connectivity index (χ0) is 18.5. The molecule has 0 spiro atoms. The molecule has 0 radical (unpaired) electrons. The Morgan fingerprint density at radius 3 is 2.56 bits per heavy atom. The maximum absolute atomic E-state index is 5.99. The van der Waals surface area contributed by atoms with Gasteiger partial charge in [0.15, 0.2) is 0 Å². The molecule has 0 saturated carbocycles. The van der Waals surface area contributed by atoms with E-state index in [1.54, 1.807) is 0 Å². The van der Waals surface area contributed by atoms with E-state index < -0.39 is 0 Å². The SMILES string of the molecule is Clc1ccc(Nc2nc(NCCCN3CCCC3)nc3ccccc23)cc1. The standard InChI is InChI=1S/C21H24ClN5/c22-16-8-10-17(11-9-16)24-20-18-6-1-2-7-19(18)25-21(26-20)23-12-5-15-27-13-3-4-14-27/h1-2,6-11H,3-5,12-15H2,(H2,23,24,25,26). The summed E-state index contributed by atoms with van der Waals surface area (Å²) in [5, 5.41) is 8.49. The predicted octanol–water partition coefficient (Wildman–Crippen LogP) is 4.92. The lowest BCUT2D eigenvalue weighted by Gasteiger charge is -2.15. The van der Waals surface area contributed by atoms with Gasteiger partial charge in [-0.3, -0.25) is 0 Å². The van der Waals surface area contributed by atoms with Gasteiger partial charge in [0.2, 0.25) is 5.95 Å². The average molecular weight is 382 g/mol. The number of hydrogen-bond acceptors (Lipinski definition) is 5. The second kappa shape index (κ2) is 8.55. The highest BCUT2D eigenvalue weighted by atomic mass is 35.5. The first-order valence-electron chi connectivity index (χ1n) is 9.53. The number of para-hydroxylation sites is 1. The van der Waals surface area contributed by atoms with Crippen LogP contribution in [0.4, 0.5) is 17.5 Å². The lowest BCUT2D eigenvalue weighted by atomic mass is 10.2. The summed E-state index contributed by atoms with van der Waals surface area (Å²) in [6.07, 6.45) is 3.76. The first kappa shape index (κ1) is 18.0. The molecule has 2 aromatic carbocycles. The molecule has 0 atom stereocenters. The molecule has 4 rings (SSSR count). The van der Waals surface area contributed by atoms with Crippen molar-refractivity contribution >= 4 is 40.0 Å². The number of nitrogens with one attached hydrogen (secondary N) is 2. The van der Waals surface area contributed by atoms with Crippen LogP contribution in [0, 0.1) is 0 Å². The highest BCUT2D eigenvalue weighted by Gasteiger charge is 2.11. The van der Waals surface area contributed by atoms with Crippen LogP contribution in [0.5, 0.6) is 0 Å². The quantitative estimate of drug-likeness (QED) is 0.568. The normalized spacial score (nSPS) is 14.6. The maximum atomic E-state index is 5.99. The molecule has 140 valence electrons. The van der Waals surface area contributed by atoms with Crippen molar-refractivity contribution in [2.75, 3.05) is 36.8 Å². The van der Waals surface area contributed by atoms with Gasteiger partial charge in [0.25, 0.3) is 0 Å². The largest absolute Gasteiger partial charge is 0.354 e. The Morgan fingerprint density at radius 1 is 0.963 bits per heavy atom. The molecule has 1 saturated heterocycles. The maximum Gasteiger partial charge on any atom is 0.225 e. The van der Waals surface area contributed by atoms with Crippen molar-refractivity contribution in [2.24, 2.45) is 0 Å². The van der Waals surface area contributed by atoms with Gasteiger partial charge in [0.1, 0.15) is 5.82 Å². The van der Waals surface area contributed by atoms with Crippen molar-refractivity contribution in [1.82, 2.24) is 14.9 Å². The van der Waals surface area contributed by atoms with Gasteiger partial charge in [-0.05, 0) is 75.3 Å². The molecule has 3 aromatic rings. The third-order valence-corrected chi connectivity index (χ3v) is 5.10. The van der Waals surface area contributed by atoms with Gasteiger partial charge in [0.05, 0.1) is 5.52 Å². The van der Waals surface area contributed by atoms with Gasteiger partial charge in [-0.1, -0.05) is 23.7 Å². The summed E-state index contributed by atoms with van der Waals surface area (Å²) in [6, 6.07) is 15.7. The molecule has 0 unspecified atom stereocenters. The van der Waals surface area contributed by atoms with Crippen molar-refractivity contribution in [1.29, 1.82) is 0 Å². The zero-order valence-corrected chi connectivity index (χ0v) is 16.0. The van der Waals surface area contributed by atoms with E-state index in [9.17, 15) is 0 Å². The van der Waals surface area contributed by atoms with Gasteiger partial charge in [0, 0.05) is 22.6 Å². The zero-order valence-electron chi connectivity index (χ0n) is 15.3. The fourth-order valence-electron chi connectivity index (χ4n) is 3.43. The molecule has 1 aliphatic rings. The van der Waals surface area contributed by atoms with Gasteiger partial charge in [-0.2, -0.15) is 4.98 Å². The van der Waals surface area contributed by atoms with Crippen LogP contribution in [0.1, 0.15) is 19.3 Å². The van der Waals surface area contributed by atoms with E-state index in [4.69, 9.17) is 16.6 Å². The molecular formula is C21H24ClN5. The Bertz CT molecular complexity index is 891. The third kappa shape index (κ3) is 4.67. The molecule has 5 nitrogen and oxygen atoms in total. The van der Waals surface area contributed by atoms with E-state index in [1.165, 1.54) is 25.9 Å². The third-order valence-electron chi connectivity index (χ3n) is 4.84. The molecule has 0 aliphatic carbocycles. The van der Waals surface area contributed by atoms with Crippen LogP contribution >= 0.6 is 11.6 Å². The molecule has 1 aliphatic heterocycles. The fourth-order valence-corrected chi connectivity index (χ4v) is 3.56. The fraction of sp³-hybridized carbons (Fsp3) is 0.333. The molecule has 1 aromatic heterocycles. The Hall–Kier alpha value is -2.37. The molecule has 0 amide bonds. The summed E-state index contributed by atoms with van der Waals surface area (Å²) < 4.78 is 0. The number of likely N-dealkylation sites (tertiary alicyclic amines) is 1. The van der Waals surface area contributed by atoms with Crippen molar-refractivity contribution in [3.05, 3.63) is 53.6 Å². The van der Waals surface area contributed by atoms with Crippen molar-refractivity contribution in [3.8, 4) is 0 Å². The van der Waals surface area contributed by atoms with Gasteiger partial charge in [-0.15, -0.1) is 0 Å². The van der Waals surface area contributed by atoms with Crippen LogP contribution in [-0.2, 0) is 0 Å². The Kier molecular flexibility index (Phi) is 5.70. The van der Waals surface area contributed by atoms with E-state index >= 15 is 0 Å². The minimum Gasteiger partial charge on any atom is -0.354 e. The number of fused-ring (bicyclic) bond motifs is 1. The van der Waals surface area contributed by atoms with Crippen molar-refractivity contribution in [3.63, 3.8) is 0 Å². The lowest BCUT2D eigenvalue weighted by molar-refractivity contribution is 0.337. The second-order valence-electron chi connectivity index (χ2n) is 6.87. The van der Waals surface area contributed by atoms with E-state index in [2.05, 4.69) is 20.5 Å². The lowest BCUT2D eigenvalue weighted by Crippen LogP contribution is -2.22. The highest BCUT2D eigenvalue weighted by Crippen LogP contribution is 2.25. The number of halogens is 1. The summed E-state index contributed by atoms with van der Waals surface area (Å²) in [6.45, 7) is 4.48. The van der Waals surface area contributed by atoms with Crippen LogP contribution in [-0.4, -0.2) is 41.0 Å². The number of aromatic nitrogens is 2. The molecule has 2 heterocycles. The number of hydrogen-bond donors (Lipinski definition) is 2. The molecule has 0 bridgehead atoms. The monoisotopic (exact) mass is 381 g/mol. The first-order chi connectivity index (χ1) is 13.3. The van der Waals surface area contributed by atoms with Crippen LogP contribution < -0.4 is 10.6 Å². The molecule has 27 heavy (non-hydrogen) atoms. The smallest absolute Gasteiger partial charge is 0.225 e. The predicted molar refractivity (Wildman–Crippen MR) is 113 cm³/mol. The summed E-state index contributed by atoms with van der Waals surface area (Å²) in [4.78, 5) is 11.9. The minimum absolute atomic E-state index is 0.659. The molecule has 6 heteroatoms. The number of anilines is 3. The molecule has 2 N–H and O–H groups in total. The highest BCUT2D eigenvalue weighted by molar-refractivity contribution is 6.30. The van der Waals surface area contributed by atoms with Crippen molar-refractivity contribution in [2.45, 2.75) is 19.3 Å². The van der Waals surface area contributed by atoms with Crippen LogP contribution in [0.2, 0.25) is 5.02 Å². The van der Waals surface area contributed by atoms with Crippen LogP contribution in [0.3, 0.4) is 0 Å². The van der Waals surface area contributed by atoms with E-state index in [0.29, 0.717) is 11.0 Å².